The molecule has 1 aromatic heterocycles. The molecule has 0 spiro atoms. The van der Waals surface area contributed by atoms with Gasteiger partial charge in [0.05, 0.1) is 13.4 Å². The summed E-state index contributed by atoms with van der Waals surface area (Å²) in [4.78, 5) is 16.9. The smallest absolute Gasteiger partial charge is 0.220 e. The fourth-order valence-corrected chi connectivity index (χ4v) is 2.78. The number of hydrogen-bond acceptors (Lipinski definition) is 4. The van der Waals surface area contributed by atoms with Gasteiger partial charge in [0, 0.05) is 42.6 Å². The quantitative estimate of drug-likeness (QED) is 0.570. The van der Waals surface area contributed by atoms with Crippen LogP contribution in [0, 0.1) is 0 Å². The zero-order valence-corrected chi connectivity index (χ0v) is 13.5. The van der Waals surface area contributed by atoms with Crippen LogP contribution in [0.3, 0.4) is 0 Å². The molecule has 5 nitrogen and oxygen atoms in total. The van der Waals surface area contributed by atoms with E-state index in [1.165, 1.54) is 0 Å². The first-order chi connectivity index (χ1) is 10.8. The van der Waals surface area contributed by atoms with E-state index in [9.17, 15) is 4.79 Å². The van der Waals surface area contributed by atoms with E-state index in [-0.39, 0.29) is 5.91 Å². The Kier molecular flexibility index (Phi) is 6.83. The highest BCUT2D eigenvalue weighted by atomic mass is 32.2. The van der Waals surface area contributed by atoms with Gasteiger partial charge in [-0.15, -0.1) is 11.8 Å². The van der Waals surface area contributed by atoms with E-state index in [1.54, 1.807) is 31.4 Å². The summed E-state index contributed by atoms with van der Waals surface area (Å²) in [5.41, 5.74) is 0. The van der Waals surface area contributed by atoms with Crippen molar-refractivity contribution < 1.29 is 9.53 Å². The van der Waals surface area contributed by atoms with Gasteiger partial charge in [0.25, 0.3) is 0 Å². The van der Waals surface area contributed by atoms with Gasteiger partial charge in [0.1, 0.15) is 5.75 Å². The minimum absolute atomic E-state index is 0.103. The first-order valence-electron chi connectivity index (χ1n) is 7.27. The number of methoxy groups -OCH3 is 1. The number of nitrogens with one attached hydrogen (secondary N) is 1. The maximum Gasteiger partial charge on any atom is 0.220 e. The summed E-state index contributed by atoms with van der Waals surface area (Å²) in [5, 5.41) is 2.94. The van der Waals surface area contributed by atoms with E-state index >= 15 is 0 Å². The predicted molar refractivity (Wildman–Crippen MR) is 88.2 cm³/mol. The Bertz CT molecular complexity index is 555. The Hall–Kier alpha value is -1.95. The van der Waals surface area contributed by atoms with Crippen LogP contribution in [0.25, 0.3) is 0 Å². The molecule has 1 amide bonds. The Morgan fingerprint density at radius 3 is 2.86 bits per heavy atom. The summed E-state index contributed by atoms with van der Waals surface area (Å²) in [6.45, 7) is 1.57. The Morgan fingerprint density at radius 2 is 2.18 bits per heavy atom. The van der Waals surface area contributed by atoms with Crippen molar-refractivity contribution in [2.75, 3.05) is 19.4 Å². The summed E-state index contributed by atoms with van der Waals surface area (Å²) >= 11 is 1.68. The summed E-state index contributed by atoms with van der Waals surface area (Å²) in [6.07, 6.45) is 6.91. The molecule has 1 aromatic carbocycles. The molecule has 0 aliphatic rings. The third-order valence-electron chi connectivity index (χ3n) is 3.13. The van der Waals surface area contributed by atoms with Crippen LogP contribution in [0.2, 0.25) is 0 Å². The van der Waals surface area contributed by atoms with Crippen molar-refractivity contribution in [3.63, 3.8) is 0 Å². The molecule has 0 saturated heterocycles. The standard InChI is InChI=1S/C16H21N3O2S/c1-21-14-3-5-15(6-4-14)22-12-7-16(20)18-8-2-10-19-11-9-17-13-19/h3-6,9,11,13H,2,7-8,10,12H2,1H3,(H,18,20). The Labute approximate surface area is 135 Å². The molecule has 0 bridgehead atoms. The van der Waals surface area contributed by atoms with Gasteiger partial charge in [-0.3, -0.25) is 4.79 Å². The lowest BCUT2D eigenvalue weighted by atomic mass is 10.3. The average Bonchev–Trinajstić information content (AvgIpc) is 3.06. The fraction of sp³-hybridized carbons (Fsp3) is 0.375. The van der Waals surface area contributed by atoms with E-state index in [1.807, 2.05) is 35.0 Å². The van der Waals surface area contributed by atoms with Gasteiger partial charge in [-0.25, -0.2) is 4.98 Å². The molecule has 2 aromatic rings. The minimum atomic E-state index is 0.103. The predicted octanol–water partition coefficient (Wildman–Crippen LogP) is 2.58. The van der Waals surface area contributed by atoms with Crippen molar-refractivity contribution >= 4 is 17.7 Å². The Balaban J connectivity index is 1.55. The zero-order chi connectivity index (χ0) is 15.6. The largest absolute Gasteiger partial charge is 0.497 e. The van der Waals surface area contributed by atoms with Gasteiger partial charge in [-0.2, -0.15) is 0 Å². The number of ether oxygens (including phenoxy) is 1. The number of carbonyl (C=O) groups excluding carboxylic acids is 1. The van der Waals surface area contributed by atoms with Gasteiger partial charge in [-0.05, 0) is 30.7 Å². The lowest BCUT2D eigenvalue weighted by Gasteiger charge is -2.06. The van der Waals surface area contributed by atoms with E-state index in [0.717, 1.165) is 29.4 Å². The summed E-state index contributed by atoms with van der Waals surface area (Å²) in [7, 11) is 1.65. The van der Waals surface area contributed by atoms with Gasteiger partial charge in [0.15, 0.2) is 0 Å². The van der Waals surface area contributed by atoms with Crippen molar-refractivity contribution in [3.05, 3.63) is 43.0 Å². The van der Waals surface area contributed by atoms with Crippen LogP contribution in [0.1, 0.15) is 12.8 Å². The highest BCUT2D eigenvalue weighted by Gasteiger charge is 2.02. The Morgan fingerprint density at radius 1 is 1.36 bits per heavy atom. The van der Waals surface area contributed by atoms with Gasteiger partial charge < -0.3 is 14.6 Å². The van der Waals surface area contributed by atoms with Crippen LogP contribution in [0.4, 0.5) is 0 Å². The molecule has 0 radical (unpaired) electrons. The van der Waals surface area contributed by atoms with Crippen molar-refractivity contribution in [2.24, 2.45) is 0 Å². The zero-order valence-electron chi connectivity index (χ0n) is 12.7. The molecule has 0 unspecified atom stereocenters. The van der Waals surface area contributed by atoms with Crippen LogP contribution >= 0.6 is 11.8 Å². The number of benzene rings is 1. The molecule has 0 aliphatic carbocycles. The summed E-state index contributed by atoms with van der Waals surface area (Å²) in [5.74, 6) is 1.73. The molecule has 0 saturated carbocycles. The normalized spacial score (nSPS) is 10.4. The van der Waals surface area contributed by atoms with E-state index < -0.39 is 0 Å². The molecule has 22 heavy (non-hydrogen) atoms. The third kappa shape index (κ3) is 5.81. The maximum absolute atomic E-state index is 11.7. The highest BCUT2D eigenvalue weighted by molar-refractivity contribution is 7.99. The second kappa shape index (κ2) is 9.15. The van der Waals surface area contributed by atoms with Crippen molar-refractivity contribution in [2.45, 2.75) is 24.3 Å². The number of aromatic nitrogens is 2. The van der Waals surface area contributed by atoms with Gasteiger partial charge in [-0.1, -0.05) is 0 Å². The number of aryl methyl sites for hydroxylation is 1. The lowest BCUT2D eigenvalue weighted by Crippen LogP contribution is -2.25. The number of carbonyl (C=O) groups is 1. The first-order valence-corrected chi connectivity index (χ1v) is 8.26. The summed E-state index contributed by atoms with van der Waals surface area (Å²) < 4.78 is 7.12. The first kappa shape index (κ1) is 16.4. The van der Waals surface area contributed by atoms with Gasteiger partial charge >= 0.3 is 0 Å². The number of hydrogen-bond donors (Lipinski definition) is 1. The molecule has 1 heterocycles. The van der Waals surface area contributed by atoms with Crippen LogP contribution in [-0.4, -0.2) is 34.9 Å². The minimum Gasteiger partial charge on any atom is -0.497 e. The van der Waals surface area contributed by atoms with E-state index in [4.69, 9.17) is 4.74 Å². The van der Waals surface area contributed by atoms with Crippen molar-refractivity contribution in [1.82, 2.24) is 14.9 Å². The maximum atomic E-state index is 11.7. The van der Waals surface area contributed by atoms with Crippen molar-refractivity contribution in [1.29, 1.82) is 0 Å². The molecule has 2 rings (SSSR count). The van der Waals surface area contributed by atoms with Gasteiger partial charge in [0.2, 0.25) is 5.91 Å². The van der Waals surface area contributed by atoms with Crippen LogP contribution < -0.4 is 10.1 Å². The second-order valence-electron chi connectivity index (χ2n) is 4.78. The van der Waals surface area contributed by atoms with E-state index in [2.05, 4.69) is 10.3 Å². The summed E-state index contributed by atoms with van der Waals surface area (Å²) in [6, 6.07) is 7.87. The fourth-order valence-electron chi connectivity index (χ4n) is 1.93. The second-order valence-corrected chi connectivity index (χ2v) is 5.95. The molecule has 118 valence electrons. The highest BCUT2D eigenvalue weighted by Crippen LogP contribution is 2.21. The van der Waals surface area contributed by atoms with Crippen LogP contribution in [0.5, 0.6) is 5.75 Å². The molecule has 6 heteroatoms. The topological polar surface area (TPSA) is 56.1 Å². The number of amides is 1. The number of rotatable bonds is 9. The monoisotopic (exact) mass is 319 g/mol. The molecular formula is C16H21N3O2S. The van der Waals surface area contributed by atoms with E-state index in [0.29, 0.717) is 13.0 Å². The number of nitrogens with zero attached hydrogens (tertiary/aromatic N) is 2. The third-order valence-corrected chi connectivity index (χ3v) is 4.15. The molecule has 0 atom stereocenters. The molecular weight excluding hydrogens is 298 g/mol. The SMILES string of the molecule is COc1ccc(SCCC(=O)NCCCn2ccnc2)cc1. The number of thioether (sulfide) groups is 1. The van der Waals surface area contributed by atoms with Crippen LogP contribution in [0.15, 0.2) is 47.9 Å². The van der Waals surface area contributed by atoms with Crippen molar-refractivity contribution in [3.8, 4) is 5.75 Å². The number of imidazole rings is 1. The average molecular weight is 319 g/mol. The molecule has 1 N–H and O–H groups in total. The molecule has 0 aliphatic heterocycles. The lowest BCUT2D eigenvalue weighted by molar-refractivity contribution is -0.120. The molecule has 0 fully saturated rings. The van der Waals surface area contributed by atoms with Crippen LogP contribution in [-0.2, 0) is 11.3 Å².